The van der Waals surface area contributed by atoms with Crippen LogP contribution in [0, 0.1) is 11.8 Å². The lowest BCUT2D eigenvalue weighted by Crippen LogP contribution is -2.16. The maximum absolute atomic E-state index is 12.6. The van der Waals surface area contributed by atoms with Crippen LogP contribution in [0.3, 0.4) is 0 Å². The van der Waals surface area contributed by atoms with Gasteiger partial charge in [0.05, 0.1) is 5.69 Å². The molecule has 1 aliphatic carbocycles. The Morgan fingerprint density at radius 1 is 1.04 bits per heavy atom. The van der Waals surface area contributed by atoms with Crippen molar-refractivity contribution in [1.82, 2.24) is 0 Å². The lowest BCUT2D eigenvalue weighted by Gasteiger charge is -2.04. The molecule has 4 nitrogen and oxygen atoms in total. The van der Waals surface area contributed by atoms with Crippen molar-refractivity contribution in [2.45, 2.75) is 12.8 Å². The van der Waals surface area contributed by atoms with Crippen LogP contribution >= 0.6 is 11.3 Å². The molecular formula is C22H19NO3S. The molecular weight excluding hydrogens is 358 g/mol. The van der Waals surface area contributed by atoms with Gasteiger partial charge in [0.25, 0.3) is 0 Å². The molecule has 2 aromatic carbocycles. The number of aromatic carboxylic acids is 1. The second-order valence-corrected chi connectivity index (χ2v) is 7.86. The number of amides is 1. The lowest BCUT2D eigenvalue weighted by molar-refractivity contribution is -0.117. The first kappa shape index (κ1) is 17.5. The maximum atomic E-state index is 12.6. The van der Waals surface area contributed by atoms with Gasteiger partial charge < -0.3 is 10.4 Å². The molecule has 0 saturated heterocycles. The number of nitrogens with one attached hydrogen (secondary N) is 1. The fraction of sp³-hybridized carbons (Fsp3) is 0.182. The van der Waals surface area contributed by atoms with Gasteiger partial charge >= 0.3 is 5.97 Å². The Labute approximate surface area is 161 Å². The minimum atomic E-state index is -1.02. The van der Waals surface area contributed by atoms with Crippen molar-refractivity contribution in [2.75, 3.05) is 5.32 Å². The van der Waals surface area contributed by atoms with E-state index in [-0.39, 0.29) is 16.7 Å². The Balaban J connectivity index is 1.47. The summed E-state index contributed by atoms with van der Waals surface area (Å²) >= 11 is 1.18. The van der Waals surface area contributed by atoms with Gasteiger partial charge in [-0.3, -0.25) is 4.79 Å². The zero-order valence-corrected chi connectivity index (χ0v) is 15.4. The van der Waals surface area contributed by atoms with E-state index in [0.717, 1.165) is 23.3 Å². The molecule has 1 fully saturated rings. The van der Waals surface area contributed by atoms with Crippen molar-refractivity contribution >= 4 is 28.9 Å². The molecule has 0 spiro atoms. The molecule has 2 atom stereocenters. The molecule has 0 aliphatic heterocycles. The Bertz CT molecular complexity index is 966. The molecule has 1 aromatic heterocycles. The zero-order valence-electron chi connectivity index (χ0n) is 14.6. The van der Waals surface area contributed by atoms with Gasteiger partial charge in [0, 0.05) is 10.8 Å². The van der Waals surface area contributed by atoms with Crippen LogP contribution in [0.1, 0.15) is 21.7 Å². The van der Waals surface area contributed by atoms with Gasteiger partial charge in [-0.1, -0.05) is 60.7 Å². The third-order valence-electron chi connectivity index (χ3n) is 4.84. The molecule has 5 heteroatoms. The first-order valence-corrected chi connectivity index (χ1v) is 9.71. The van der Waals surface area contributed by atoms with Crippen LogP contribution in [0.15, 0.2) is 66.7 Å². The molecule has 2 unspecified atom stereocenters. The van der Waals surface area contributed by atoms with Crippen LogP contribution in [-0.2, 0) is 11.2 Å². The predicted molar refractivity (Wildman–Crippen MR) is 107 cm³/mol. The van der Waals surface area contributed by atoms with Crippen LogP contribution in [0.5, 0.6) is 0 Å². The molecule has 1 heterocycles. The maximum Gasteiger partial charge on any atom is 0.348 e. The second kappa shape index (κ2) is 7.37. The summed E-state index contributed by atoms with van der Waals surface area (Å²) in [6.45, 7) is 0. The summed E-state index contributed by atoms with van der Waals surface area (Å²) in [6.07, 6.45) is 1.72. The van der Waals surface area contributed by atoms with Crippen LogP contribution in [0.4, 0.5) is 5.69 Å². The summed E-state index contributed by atoms with van der Waals surface area (Å²) < 4.78 is 0. The average Bonchev–Trinajstić information content (AvgIpc) is 3.32. The van der Waals surface area contributed by atoms with Crippen LogP contribution in [0.25, 0.3) is 10.4 Å². The van der Waals surface area contributed by atoms with Crippen molar-refractivity contribution < 1.29 is 14.7 Å². The van der Waals surface area contributed by atoms with E-state index in [1.54, 1.807) is 6.07 Å². The standard InChI is InChI=1S/C22H19NO3S/c24-21(17-12-16(17)11-14-7-3-1-4-8-14)23-18-13-19(27-20(18)22(25)26)15-9-5-2-6-10-15/h1-10,13,16-17H,11-12H2,(H,23,24)(H,25,26). The van der Waals surface area contributed by atoms with Crippen molar-refractivity contribution in [1.29, 1.82) is 0 Å². The van der Waals surface area contributed by atoms with E-state index in [1.807, 2.05) is 48.5 Å². The zero-order chi connectivity index (χ0) is 18.8. The molecule has 1 saturated carbocycles. The van der Waals surface area contributed by atoms with Crippen molar-refractivity contribution in [3.05, 3.63) is 77.2 Å². The Morgan fingerprint density at radius 3 is 2.37 bits per heavy atom. The van der Waals surface area contributed by atoms with Crippen LogP contribution < -0.4 is 5.32 Å². The molecule has 27 heavy (non-hydrogen) atoms. The summed E-state index contributed by atoms with van der Waals surface area (Å²) in [7, 11) is 0. The Morgan fingerprint density at radius 2 is 1.70 bits per heavy atom. The third-order valence-corrected chi connectivity index (χ3v) is 6.01. The van der Waals surface area contributed by atoms with E-state index >= 15 is 0 Å². The molecule has 136 valence electrons. The number of carboxylic acids is 1. The molecule has 1 amide bonds. The van der Waals surface area contributed by atoms with E-state index in [2.05, 4.69) is 17.4 Å². The fourth-order valence-corrected chi connectivity index (χ4v) is 4.28. The summed E-state index contributed by atoms with van der Waals surface area (Å²) in [5, 5.41) is 12.3. The number of carbonyl (C=O) groups is 2. The van der Waals surface area contributed by atoms with E-state index in [4.69, 9.17) is 0 Å². The number of hydrogen-bond acceptors (Lipinski definition) is 3. The van der Waals surface area contributed by atoms with Gasteiger partial charge in [0.1, 0.15) is 4.88 Å². The van der Waals surface area contributed by atoms with Gasteiger partial charge in [0.15, 0.2) is 0 Å². The first-order chi connectivity index (χ1) is 13.1. The van der Waals surface area contributed by atoms with Gasteiger partial charge in [-0.2, -0.15) is 0 Å². The molecule has 2 N–H and O–H groups in total. The van der Waals surface area contributed by atoms with Crippen LogP contribution in [-0.4, -0.2) is 17.0 Å². The van der Waals surface area contributed by atoms with Crippen molar-refractivity contribution in [3.63, 3.8) is 0 Å². The first-order valence-electron chi connectivity index (χ1n) is 8.89. The lowest BCUT2D eigenvalue weighted by atomic mass is 10.1. The SMILES string of the molecule is O=C(O)c1sc(-c2ccccc2)cc1NC(=O)C1CC1Cc1ccccc1. The Kier molecular flexibility index (Phi) is 4.77. The van der Waals surface area contributed by atoms with Crippen molar-refractivity contribution in [2.24, 2.45) is 11.8 Å². The largest absolute Gasteiger partial charge is 0.477 e. The summed E-state index contributed by atoms with van der Waals surface area (Å²) in [5.74, 6) is -0.829. The molecule has 0 radical (unpaired) electrons. The second-order valence-electron chi connectivity index (χ2n) is 6.81. The third kappa shape index (κ3) is 3.93. The highest BCUT2D eigenvalue weighted by Crippen LogP contribution is 2.43. The van der Waals surface area contributed by atoms with Crippen LogP contribution in [0.2, 0.25) is 0 Å². The number of thiophene rings is 1. The number of carbonyl (C=O) groups excluding carboxylic acids is 1. The van der Waals surface area contributed by atoms with E-state index in [9.17, 15) is 14.7 Å². The van der Waals surface area contributed by atoms with Gasteiger partial charge in [0.2, 0.25) is 5.91 Å². The van der Waals surface area contributed by atoms with E-state index < -0.39 is 5.97 Å². The molecule has 4 rings (SSSR count). The number of benzene rings is 2. The highest BCUT2D eigenvalue weighted by Gasteiger charge is 2.43. The normalized spacial score (nSPS) is 18.1. The molecule has 1 aliphatic rings. The number of anilines is 1. The quantitative estimate of drug-likeness (QED) is 0.640. The monoisotopic (exact) mass is 377 g/mol. The van der Waals surface area contributed by atoms with Crippen molar-refractivity contribution in [3.8, 4) is 10.4 Å². The summed E-state index contributed by atoms with van der Waals surface area (Å²) in [4.78, 5) is 25.2. The van der Waals surface area contributed by atoms with E-state index in [0.29, 0.717) is 11.6 Å². The average molecular weight is 377 g/mol. The predicted octanol–water partition coefficient (Wildman–Crippen LogP) is 4.93. The minimum absolute atomic E-state index is 0.0491. The summed E-state index contributed by atoms with van der Waals surface area (Å²) in [5.41, 5.74) is 2.56. The smallest absolute Gasteiger partial charge is 0.348 e. The van der Waals surface area contributed by atoms with Gasteiger partial charge in [-0.15, -0.1) is 11.3 Å². The minimum Gasteiger partial charge on any atom is -0.477 e. The topological polar surface area (TPSA) is 66.4 Å². The van der Waals surface area contributed by atoms with E-state index in [1.165, 1.54) is 16.9 Å². The molecule has 3 aromatic rings. The number of hydrogen-bond donors (Lipinski definition) is 2. The highest BCUT2D eigenvalue weighted by molar-refractivity contribution is 7.18. The fourth-order valence-electron chi connectivity index (χ4n) is 3.32. The summed E-state index contributed by atoms with van der Waals surface area (Å²) in [6, 6.07) is 21.5. The van der Waals surface area contributed by atoms with Gasteiger partial charge in [-0.05, 0) is 36.0 Å². The number of carboxylic acid groups (broad SMARTS) is 1. The number of rotatable bonds is 6. The Hall–Kier alpha value is -2.92. The molecule has 0 bridgehead atoms. The highest BCUT2D eigenvalue weighted by atomic mass is 32.1. The van der Waals surface area contributed by atoms with Gasteiger partial charge in [-0.25, -0.2) is 4.79 Å².